The monoisotopic (exact) mass is 1150 g/mol. The van der Waals surface area contributed by atoms with Crippen LogP contribution in [0.25, 0.3) is 33.5 Å². The SMILES string of the molecule is O=[N+]([O-])OC[C@H]1O[C@@H](n2cnc3c(NC4CCCCC4)nc(Cl)nc32)[C@H](O)[C@@H]1O.O=[N+]([O-])OC[C@H]1O[C@@H](n2cnc3c(NC4CCOC4)ncnc32)[C@H](O)[C@@H]1O.OC[C@H]1O[C@@H](n2cnc3c(NC4CCCC4)ncnc32)[C@H](O)[C@@H]1O. The Bertz CT molecular complexity index is 3070. The summed E-state index contributed by atoms with van der Waals surface area (Å²) in [5, 5.41) is 99.1. The second-order valence-electron chi connectivity index (χ2n) is 19.9. The Kier molecular flexibility index (Phi) is 17.7. The lowest BCUT2D eigenvalue weighted by Gasteiger charge is -2.23. The van der Waals surface area contributed by atoms with Crippen molar-refractivity contribution in [2.45, 2.75) is 156 Å². The first-order chi connectivity index (χ1) is 38.7. The van der Waals surface area contributed by atoms with Crippen molar-refractivity contribution in [3.63, 3.8) is 0 Å². The molecule has 2 aliphatic carbocycles. The quantitative estimate of drug-likeness (QED) is 0.0338. The Hall–Kier alpha value is -6.70. The molecule has 35 heteroatoms. The second-order valence-corrected chi connectivity index (χ2v) is 20.3. The summed E-state index contributed by atoms with van der Waals surface area (Å²) in [6, 6.07) is 0.774. The summed E-state index contributed by atoms with van der Waals surface area (Å²) in [6.45, 7) is -0.143. The van der Waals surface area contributed by atoms with Crippen LogP contribution in [0.15, 0.2) is 31.6 Å². The van der Waals surface area contributed by atoms with Crippen molar-refractivity contribution >= 4 is 62.5 Å². The van der Waals surface area contributed by atoms with Crippen LogP contribution in [-0.2, 0) is 28.6 Å². The molecular formula is C45H60ClN17O17. The fraction of sp³-hybridized carbons (Fsp3) is 0.667. The van der Waals surface area contributed by atoms with Crippen molar-refractivity contribution in [1.82, 2.24) is 58.6 Å². The van der Waals surface area contributed by atoms with Crippen molar-refractivity contribution in [2.24, 2.45) is 0 Å². The predicted octanol–water partition coefficient (Wildman–Crippen LogP) is -0.301. The minimum atomic E-state index is -1.38. The normalized spacial score (nSPS) is 29.8. The molecule has 12 rings (SSSR count). The number of nitrogens with one attached hydrogen (secondary N) is 3. The molecule has 80 heavy (non-hydrogen) atoms. The van der Waals surface area contributed by atoms with Gasteiger partial charge in [-0.25, -0.2) is 34.9 Å². The minimum Gasteiger partial charge on any atom is -0.394 e. The van der Waals surface area contributed by atoms with Gasteiger partial charge < -0.3 is 80.3 Å². The molecule has 6 aromatic heterocycles. The number of hydrogen-bond donors (Lipinski definition) is 10. The smallest absolute Gasteiger partial charge is 0.294 e. The molecular weight excluding hydrogens is 1090 g/mol. The van der Waals surface area contributed by atoms with Crippen LogP contribution in [0.3, 0.4) is 0 Å². The predicted molar refractivity (Wildman–Crippen MR) is 271 cm³/mol. The van der Waals surface area contributed by atoms with Crippen LogP contribution in [0.2, 0.25) is 5.28 Å². The molecule has 1 unspecified atom stereocenters. The third-order valence-corrected chi connectivity index (χ3v) is 14.9. The highest BCUT2D eigenvalue weighted by atomic mass is 35.5. The van der Waals surface area contributed by atoms with E-state index in [9.17, 15) is 56.0 Å². The molecule has 434 valence electrons. The number of halogens is 1. The first-order valence-electron chi connectivity index (χ1n) is 26.0. The highest BCUT2D eigenvalue weighted by molar-refractivity contribution is 6.28. The number of imidazole rings is 3. The van der Waals surface area contributed by atoms with Crippen LogP contribution in [0.1, 0.15) is 82.9 Å². The summed E-state index contributed by atoms with van der Waals surface area (Å²) in [5.41, 5.74) is 2.74. The number of aliphatic hydroxyl groups excluding tert-OH is 7. The summed E-state index contributed by atoms with van der Waals surface area (Å²) < 4.78 is 26.5. The van der Waals surface area contributed by atoms with Gasteiger partial charge in [0.05, 0.1) is 38.2 Å². The molecule has 0 aromatic carbocycles. The molecule has 13 atom stereocenters. The highest BCUT2D eigenvalue weighted by Gasteiger charge is 2.47. The van der Waals surface area contributed by atoms with Gasteiger partial charge in [0, 0.05) is 18.7 Å². The van der Waals surface area contributed by atoms with Gasteiger partial charge in [-0.2, -0.15) is 9.97 Å². The van der Waals surface area contributed by atoms with Gasteiger partial charge in [-0.05, 0) is 43.7 Å². The van der Waals surface area contributed by atoms with Crippen molar-refractivity contribution in [2.75, 3.05) is 49.0 Å². The number of hydrogen-bond acceptors (Lipinski definition) is 29. The maximum absolute atomic E-state index is 10.4. The third-order valence-electron chi connectivity index (χ3n) is 14.7. The van der Waals surface area contributed by atoms with E-state index in [2.05, 4.69) is 70.5 Å². The van der Waals surface area contributed by atoms with Gasteiger partial charge >= 0.3 is 0 Å². The largest absolute Gasteiger partial charge is 0.394 e. The number of rotatable bonds is 16. The molecule has 34 nitrogen and oxygen atoms in total. The Morgan fingerprint density at radius 3 is 1.43 bits per heavy atom. The number of aliphatic hydroxyl groups is 7. The molecule has 6 aromatic rings. The summed E-state index contributed by atoms with van der Waals surface area (Å²) in [6.07, 6.45) is 4.47. The average molecular weight is 1150 g/mol. The lowest BCUT2D eigenvalue weighted by atomic mass is 9.95. The van der Waals surface area contributed by atoms with E-state index in [1.807, 2.05) is 0 Å². The van der Waals surface area contributed by atoms with Gasteiger partial charge in [0.1, 0.15) is 80.8 Å². The molecule has 0 radical (unpaired) electrons. The Morgan fingerprint density at radius 1 is 0.550 bits per heavy atom. The Labute approximate surface area is 456 Å². The molecule has 10 heterocycles. The average Bonchev–Trinajstić information content (AvgIpc) is 4.36. The number of fused-ring (bicyclic) bond motifs is 3. The van der Waals surface area contributed by atoms with Gasteiger partial charge in [0.15, 0.2) is 69.6 Å². The molecule has 2 saturated carbocycles. The van der Waals surface area contributed by atoms with Gasteiger partial charge in [0.2, 0.25) is 5.28 Å². The Balaban J connectivity index is 0.000000136. The zero-order chi connectivity index (χ0) is 56.2. The summed E-state index contributed by atoms with van der Waals surface area (Å²) in [7, 11) is 0. The van der Waals surface area contributed by atoms with Crippen LogP contribution in [-0.4, -0.2) is 211 Å². The number of ether oxygens (including phenoxy) is 4. The summed E-state index contributed by atoms with van der Waals surface area (Å²) in [4.78, 5) is 67.6. The van der Waals surface area contributed by atoms with E-state index in [1.165, 1.54) is 60.0 Å². The lowest BCUT2D eigenvalue weighted by molar-refractivity contribution is -0.759. The number of nitrogens with zero attached hydrogens (tertiary/aromatic N) is 14. The van der Waals surface area contributed by atoms with E-state index in [0.717, 1.165) is 44.9 Å². The molecule has 0 bridgehead atoms. The lowest BCUT2D eigenvalue weighted by Crippen LogP contribution is -2.34. The molecule has 6 fully saturated rings. The van der Waals surface area contributed by atoms with Crippen LogP contribution < -0.4 is 16.0 Å². The van der Waals surface area contributed by atoms with Crippen molar-refractivity contribution < 1.29 is 74.5 Å². The molecule has 10 N–H and O–H groups in total. The maximum Gasteiger partial charge on any atom is 0.294 e. The van der Waals surface area contributed by atoms with E-state index in [1.54, 1.807) is 4.57 Å². The van der Waals surface area contributed by atoms with Gasteiger partial charge in [-0.15, -0.1) is 20.2 Å². The molecule has 0 amide bonds. The molecule has 6 aliphatic rings. The van der Waals surface area contributed by atoms with Gasteiger partial charge in [-0.3, -0.25) is 13.7 Å². The molecule has 4 aliphatic heterocycles. The van der Waals surface area contributed by atoms with Gasteiger partial charge in [0.25, 0.3) is 10.2 Å². The van der Waals surface area contributed by atoms with Crippen LogP contribution >= 0.6 is 11.6 Å². The Morgan fingerprint density at radius 2 is 0.975 bits per heavy atom. The first-order valence-corrected chi connectivity index (χ1v) is 26.4. The highest BCUT2D eigenvalue weighted by Crippen LogP contribution is 2.37. The van der Waals surface area contributed by atoms with E-state index in [0.29, 0.717) is 70.2 Å². The first kappa shape index (κ1) is 56.6. The summed E-state index contributed by atoms with van der Waals surface area (Å²) in [5.74, 6) is 1.68. The van der Waals surface area contributed by atoms with E-state index in [-0.39, 0.29) is 24.0 Å². The summed E-state index contributed by atoms with van der Waals surface area (Å²) >= 11 is 6.10. The van der Waals surface area contributed by atoms with Crippen LogP contribution in [0.4, 0.5) is 17.5 Å². The third kappa shape index (κ3) is 12.1. The van der Waals surface area contributed by atoms with Crippen LogP contribution in [0, 0.1) is 20.2 Å². The fourth-order valence-electron chi connectivity index (χ4n) is 10.6. The zero-order valence-electron chi connectivity index (χ0n) is 42.5. The fourth-order valence-corrected chi connectivity index (χ4v) is 10.7. The molecule has 4 saturated heterocycles. The zero-order valence-corrected chi connectivity index (χ0v) is 43.3. The van der Waals surface area contributed by atoms with E-state index < -0.39 is 97.0 Å². The second kappa shape index (κ2) is 25.0. The minimum absolute atomic E-state index is 0.00108. The van der Waals surface area contributed by atoms with Crippen LogP contribution in [0.5, 0.6) is 0 Å². The number of anilines is 3. The van der Waals surface area contributed by atoms with Crippen molar-refractivity contribution in [3.05, 3.63) is 57.1 Å². The van der Waals surface area contributed by atoms with Crippen molar-refractivity contribution in [3.8, 4) is 0 Å². The van der Waals surface area contributed by atoms with Gasteiger partial charge in [-0.1, -0.05) is 32.1 Å². The number of aromatic nitrogens is 12. The topological polar surface area (TPSA) is 450 Å². The molecule has 0 spiro atoms. The van der Waals surface area contributed by atoms with E-state index in [4.69, 9.17) is 30.5 Å². The van der Waals surface area contributed by atoms with Crippen molar-refractivity contribution in [1.29, 1.82) is 0 Å². The standard InChI is InChI=1S/C16H21ClN6O6.C15H21N5O4.C14H18N6O7/c17-16-20-13(19-8-4-2-1-3-5-8)10-14(21-16)22(7-18-10)15-12(25)11(24)9(29-15)6-28-23(26)27;21-5-9-11(22)12(23)15(24-9)20-7-18-10-13(16-6-17-14(10)20)19-8-3-1-2-4-8;21-10-8(4-26-20(23)24)27-14(11(10)22)19-6-17-9-12(15-5-16-13(9)19)18-7-1-2-25-3-7/h7-9,11-12,15,24-25H,1-6H2,(H,19,20,21);6-9,11-12,15,21-23H,1-5H2,(H,16,17,19);5-8,10-11,14,21-22H,1-4H2,(H,15,16,18)/t2*9-,11-,12-,15-;7?,8-,10-,11-,14-/m111/s1. The maximum atomic E-state index is 10.4. The van der Waals surface area contributed by atoms with E-state index >= 15 is 0 Å².